The van der Waals surface area contributed by atoms with Gasteiger partial charge in [0.2, 0.25) is 0 Å². The maximum Gasteiger partial charge on any atom is 0.143 e. The third kappa shape index (κ3) is 2.30. The fourth-order valence-electron chi connectivity index (χ4n) is 2.38. The number of hydrogen-bond donors (Lipinski definition) is 1. The summed E-state index contributed by atoms with van der Waals surface area (Å²) in [6.07, 6.45) is 1.02. The van der Waals surface area contributed by atoms with Gasteiger partial charge < -0.3 is 5.32 Å². The lowest BCUT2D eigenvalue weighted by atomic mass is 10.1. The van der Waals surface area contributed by atoms with Crippen molar-refractivity contribution in [3.05, 3.63) is 65.5 Å². The summed E-state index contributed by atoms with van der Waals surface area (Å²) in [5.74, 6) is -0.0135. The summed E-state index contributed by atoms with van der Waals surface area (Å²) in [6.45, 7) is 0. The van der Waals surface area contributed by atoms with Crippen LogP contribution in [0.1, 0.15) is 23.5 Å². The molecule has 0 spiro atoms. The number of nitrogens with one attached hydrogen (secondary N) is 1. The lowest BCUT2D eigenvalue weighted by Crippen LogP contribution is -2.06. The van der Waals surface area contributed by atoms with E-state index in [1.165, 1.54) is 11.6 Å². The van der Waals surface area contributed by atoms with Crippen molar-refractivity contribution in [3.63, 3.8) is 0 Å². The Morgan fingerprint density at radius 3 is 2.63 bits per heavy atom. The van der Waals surface area contributed by atoms with Crippen LogP contribution < -0.4 is 5.32 Å². The van der Waals surface area contributed by atoms with Crippen LogP contribution in [0.25, 0.3) is 0 Å². The molecule has 1 fully saturated rings. The molecule has 2 unspecified atom stereocenters. The van der Waals surface area contributed by atoms with Gasteiger partial charge in [-0.1, -0.05) is 36.4 Å². The highest BCUT2D eigenvalue weighted by atomic mass is 19.1. The molecule has 1 aliphatic rings. The number of anilines is 1. The van der Waals surface area contributed by atoms with Crippen LogP contribution in [0.4, 0.5) is 10.1 Å². The lowest BCUT2D eigenvalue weighted by Gasteiger charge is -2.08. The van der Waals surface area contributed by atoms with Crippen LogP contribution in [0.3, 0.4) is 0 Å². The molecular weight excluding hydrogens is 239 g/mol. The monoisotopic (exact) mass is 252 g/mol. The van der Waals surface area contributed by atoms with Crippen molar-refractivity contribution in [1.82, 2.24) is 0 Å². The molecule has 0 aromatic heterocycles. The minimum Gasteiger partial charge on any atom is -0.381 e. The summed E-state index contributed by atoms with van der Waals surface area (Å²) in [5.41, 5.74) is 1.97. The third-order valence-electron chi connectivity index (χ3n) is 3.48. The third-order valence-corrected chi connectivity index (χ3v) is 3.48. The predicted molar refractivity (Wildman–Crippen MR) is 72.3 cm³/mol. The molecule has 0 saturated heterocycles. The smallest absolute Gasteiger partial charge is 0.143 e. The maximum atomic E-state index is 13.5. The summed E-state index contributed by atoms with van der Waals surface area (Å²) in [4.78, 5) is 0. The van der Waals surface area contributed by atoms with Crippen molar-refractivity contribution >= 4 is 5.69 Å². The van der Waals surface area contributed by atoms with Crippen LogP contribution in [0, 0.1) is 17.1 Å². The highest BCUT2D eigenvalue weighted by Gasteiger charge is 2.38. The van der Waals surface area contributed by atoms with Gasteiger partial charge in [0.25, 0.3) is 0 Å². The second-order valence-corrected chi connectivity index (χ2v) is 4.78. The molecule has 1 N–H and O–H groups in total. The molecule has 2 aromatic rings. The molecule has 1 saturated carbocycles. The molecule has 2 aromatic carbocycles. The fourth-order valence-corrected chi connectivity index (χ4v) is 2.38. The Labute approximate surface area is 111 Å². The van der Waals surface area contributed by atoms with Gasteiger partial charge in [0.15, 0.2) is 0 Å². The first-order valence-electron chi connectivity index (χ1n) is 6.29. The fraction of sp³-hybridized carbons (Fsp3) is 0.188. The Kier molecular flexibility index (Phi) is 2.92. The highest BCUT2D eigenvalue weighted by molar-refractivity contribution is 5.59. The van der Waals surface area contributed by atoms with Gasteiger partial charge in [-0.2, -0.15) is 5.26 Å². The summed E-state index contributed by atoms with van der Waals surface area (Å²) < 4.78 is 13.5. The number of benzene rings is 2. The van der Waals surface area contributed by atoms with E-state index in [9.17, 15) is 4.39 Å². The van der Waals surface area contributed by atoms with Gasteiger partial charge in [0, 0.05) is 12.0 Å². The van der Waals surface area contributed by atoms with Crippen molar-refractivity contribution in [2.75, 3.05) is 5.32 Å². The summed E-state index contributed by atoms with van der Waals surface area (Å²) in [5, 5.41) is 12.2. The Balaban J connectivity index is 1.75. The van der Waals surface area contributed by atoms with Gasteiger partial charge in [-0.15, -0.1) is 0 Å². The van der Waals surface area contributed by atoms with E-state index < -0.39 is 5.82 Å². The number of halogens is 1. The van der Waals surface area contributed by atoms with E-state index in [2.05, 4.69) is 17.4 Å². The topological polar surface area (TPSA) is 35.8 Å². The Morgan fingerprint density at radius 1 is 1.11 bits per heavy atom. The lowest BCUT2D eigenvalue weighted by molar-refractivity contribution is 0.624. The number of nitrogens with zero attached hydrogens (tertiary/aromatic N) is 1. The van der Waals surface area contributed by atoms with Crippen molar-refractivity contribution in [3.8, 4) is 6.07 Å². The molecule has 1 aliphatic carbocycles. The summed E-state index contributed by atoms with van der Waals surface area (Å²) in [7, 11) is 0. The molecule has 0 bridgehead atoms. The molecule has 3 rings (SSSR count). The zero-order valence-corrected chi connectivity index (χ0v) is 10.3. The predicted octanol–water partition coefficient (Wildman–Crippen LogP) is 3.67. The number of nitriles is 1. The molecule has 0 amide bonds. The average molecular weight is 252 g/mol. The van der Waals surface area contributed by atoms with E-state index in [0.29, 0.717) is 11.6 Å². The zero-order chi connectivity index (χ0) is 13.2. The summed E-state index contributed by atoms with van der Waals surface area (Å²) in [6, 6.07) is 17.1. The normalized spacial score (nSPS) is 20.6. The van der Waals surface area contributed by atoms with E-state index in [1.54, 1.807) is 12.1 Å². The largest absolute Gasteiger partial charge is 0.381 e. The molecule has 0 aliphatic heterocycles. The first kappa shape index (κ1) is 11.7. The molecule has 19 heavy (non-hydrogen) atoms. The SMILES string of the molecule is N#Cc1c(F)cccc1NC1CC1c1ccccc1. The molecule has 2 atom stereocenters. The number of rotatable bonds is 3. The standard InChI is InChI=1S/C16H13FN2/c17-14-7-4-8-15(13(14)10-18)19-16-9-12(16)11-5-2-1-3-6-11/h1-8,12,16,19H,9H2. The molecule has 0 heterocycles. The number of hydrogen-bond acceptors (Lipinski definition) is 2. The van der Waals surface area contributed by atoms with Crippen molar-refractivity contribution in [2.24, 2.45) is 0 Å². The highest BCUT2D eigenvalue weighted by Crippen LogP contribution is 2.43. The second-order valence-electron chi connectivity index (χ2n) is 4.78. The van der Waals surface area contributed by atoms with E-state index >= 15 is 0 Å². The van der Waals surface area contributed by atoms with Gasteiger partial charge >= 0.3 is 0 Å². The minimum absolute atomic E-state index is 0.0983. The molecular formula is C16H13FN2. The van der Waals surface area contributed by atoms with Crippen LogP contribution in [0.2, 0.25) is 0 Å². The Bertz CT molecular complexity index is 631. The maximum absolute atomic E-state index is 13.5. The van der Waals surface area contributed by atoms with Gasteiger partial charge in [-0.25, -0.2) is 4.39 Å². The van der Waals surface area contributed by atoms with Crippen LogP contribution in [-0.4, -0.2) is 6.04 Å². The van der Waals surface area contributed by atoms with Gasteiger partial charge in [0.05, 0.1) is 5.69 Å². The molecule has 3 heteroatoms. The quantitative estimate of drug-likeness (QED) is 0.904. The van der Waals surface area contributed by atoms with Gasteiger partial charge in [-0.3, -0.25) is 0 Å². The van der Waals surface area contributed by atoms with Crippen molar-refractivity contribution in [2.45, 2.75) is 18.4 Å². The van der Waals surface area contributed by atoms with E-state index in [-0.39, 0.29) is 11.6 Å². The average Bonchev–Trinajstić information content (AvgIpc) is 3.19. The second kappa shape index (κ2) is 4.74. The van der Waals surface area contributed by atoms with E-state index in [1.807, 2.05) is 24.3 Å². The van der Waals surface area contributed by atoms with Crippen molar-refractivity contribution in [1.29, 1.82) is 5.26 Å². The first-order chi connectivity index (χ1) is 9.29. The van der Waals surface area contributed by atoms with Crippen LogP contribution >= 0.6 is 0 Å². The zero-order valence-electron chi connectivity index (χ0n) is 10.3. The molecule has 94 valence electrons. The van der Waals surface area contributed by atoms with Gasteiger partial charge in [-0.05, 0) is 24.1 Å². The summed E-state index contributed by atoms with van der Waals surface area (Å²) >= 11 is 0. The Morgan fingerprint density at radius 2 is 1.89 bits per heavy atom. The van der Waals surface area contributed by atoms with Crippen molar-refractivity contribution < 1.29 is 4.39 Å². The van der Waals surface area contributed by atoms with Crippen LogP contribution in [-0.2, 0) is 0 Å². The van der Waals surface area contributed by atoms with Crippen LogP contribution in [0.15, 0.2) is 48.5 Å². The van der Waals surface area contributed by atoms with Gasteiger partial charge in [0.1, 0.15) is 17.4 Å². The first-order valence-corrected chi connectivity index (χ1v) is 6.29. The van der Waals surface area contributed by atoms with E-state index in [4.69, 9.17) is 5.26 Å². The minimum atomic E-state index is -0.468. The Hall–Kier alpha value is -2.34. The van der Waals surface area contributed by atoms with E-state index in [0.717, 1.165) is 6.42 Å². The molecule has 2 nitrogen and oxygen atoms in total. The van der Waals surface area contributed by atoms with Crippen LogP contribution in [0.5, 0.6) is 0 Å². The molecule has 0 radical (unpaired) electrons.